The molecule has 6 heteroatoms. The van der Waals surface area contributed by atoms with Gasteiger partial charge in [0.05, 0.1) is 18.7 Å². The second kappa shape index (κ2) is 10.8. The minimum atomic E-state index is -0.296. The third-order valence-corrected chi connectivity index (χ3v) is 6.57. The van der Waals surface area contributed by atoms with Crippen molar-refractivity contribution in [1.29, 1.82) is 0 Å². The van der Waals surface area contributed by atoms with E-state index in [0.29, 0.717) is 22.5 Å². The third kappa shape index (κ3) is 5.13. The summed E-state index contributed by atoms with van der Waals surface area (Å²) < 4.78 is 0. The molecule has 38 heavy (non-hydrogen) atoms. The Balaban J connectivity index is 1.78. The first-order chi connectivity index (χ1) is 18.5. The molecule has 6 nitrogen and oxygen atoms in total. The highest BCUT2D eigenvalue weighted by atomic mass is 16.3. The molecule has 0 atom stereocenters. The number of hydrogen-bond acceptors (Lipinski definition) is 4. The van der Waals surface area contributed by atoms with Crippen molar-refractivity contribution >= 4 is 22.8 Å². The van der Waals surface area contributed by atoms with Crippen LogP contribution < -0.4 is 5.32 Å². The molecule has 0 unspecified atom stereocenters. The van der Waals surface area contributed by atoms with Gasteiger partial charge in [-0.2, -0.15) is 0 Å². The smallest absolute Gasteiger partial charge is 0.322 e. The summed E-state index contributed by atoms with van der Waals surface area (Å²) in [6, 6.07) is 32.0. The van der Waals surface area contributed by atoms with Crippen molar-refractivity contribution in [3.8, 4) is 33.4 Å². The normalized spacial score (nSPS) is 10.9. The Morgan fingerprint density at radius 1 is 0.711 bits per heavy atom. The van der Waals surface area contributed by atoms with Gasteiger partial charge in [-0.1, -0.05) is 60.7 Å². The van der Waals surface area contributed by atoms with Crippen molar-refractivity contribution in [3.05, 3.63) is 108 Å². The standard InChI is InChI=1S/C32H29N3O3/c1-35(2)32(38)34-31-29(17-26-16-27(19-36)28(20-37)18-30(26)33-31)25-14-23(21-9-5-3-6-10-21)13-24(15-25)22-11-7-4-8-12-22/h3-18,36-37H,19-20H2,1-2H3,(H,33,34,38). The summed E-state index contributed by atoms with van der Waals surface area (Å²) in [4.78, 5) is 19.0. The maximum Gasteiger partial charge on any atom is 0.322 e. The van der Waals surface area contributed by atoms with E-state index in [1.807, 2.05) is 48.5 Å². The Morgan fingerprint density at radius 3 is 1.76 bits per heavy atom. The molecule has 0 saturated carbocycles. The average Bonchev–Trinajstić information content (AvgIpc) is 2.96. The van der Waals surface area contributed by atoms with E-state index in [-0.39, 0.29) is 19.2 Å². The van der Waals surface area contributed by atoms with Crippen LogP contribution in [0.25, 0.3) is 44.3 Å². The first-order valence-electron chi connectivity index (χ1n) is 12.4. The van der Waals surface area contributed by atoms with Gasteiger partial charge in [-0.25, -0.2) is 9.78 Å². The van der Waals surface area contributed by atoms with Crippen LogP contribution in [0.2, 0.25) is 0 Å². The number of pyridine rings is 1. The second-order valence-electron chi connectivity index (χ2n) is 9.37. The monoisotopic (exact) mass is 503 g/mol. The zero-order valence-corrected chi connectivity index (χ0v) is 21.3. The maximum atomic E-state index is 12.7. The molecular formula is C32H29N3O3. The second-order valence-corrected chi connectivity index (χ2v) is 9.37. The first kappa shape index (κ1) is 25.1. The molecule has 0 bridgehead atoms. The molecule has 0 radical (unpaired) electrons. The van der Waals surface area contributed by atoms with Gasteiger partial charge >= 0.3 is 6.03 Å². The van der Waals surface area contributed by atoms with Crippen molar-refractivity contribution in [3.63, 3.8) is 0 Å². The molecule has 5 aromatic rings. The van der Waals surface area contributed by atoms with Gasteiger partial charge in [0.25, 0.3) is 0 Å². The molecule has 5 rings (SSSR count). The lowest BCUT2D eigenvalue weighted by Gasteiger charge is -2.18. The number of aliphatic hydroxyl groups excluding tert-OH is 2. The summed E-state index contributed by atoms with van der Waals surface area (Å²) in [7, 11) is 3.36. The summed E-state index contributed by atoms with van der Waals surface area (Å²) in [5, 5.41) is 23.4. The molecule has 1 aromatic heterocycles. The van der Waals surface area contributed by atoms with Crippen LogP contribution in [0.5, 0.6) is 0 Å². The van der Waals surface area contributed by atoms with E-state index in [2.05, 4.69) is 47.8 Å². The lowest BCUT2D eigenvalue weighted by atomic mass is 9.92. The first-order valence-corrected chi connectivity index (χ1v) is 12.4. The molecule has 190 valence electrons. The van der Waals surface area contributed by atoms with Gasteiger partial charge in [0.2, 0.25) is 0 Å². The minimum absolute atomic E-state index is 0.193. The highest BCUT2D eigenvalue weighted by molar-refractivity contribution is 5.98. The largest absolute Gasteiger partial charge is 0.392 e. The van der Waals surface area contributed by atoms with Crippen LogP contribution in [0.4, 0.5) is 10.6 Å². The van der Waals surface area contributed by atoms with E-state index in [9.17, 15) is 15.0 Å². The summed E-state index contributed by atoms with van der Waals surface area (Å²) in [6.07, 6.45) is 0. The van der Waals surface area contributed by atoms with Gasteiger partial charge in [-0.05, 0) is 75.3 Å². The summed E-state index contributed by atoms with van der Waals surface area (Å²) >= 11 is 0. The van der Waals surface area contributed by atoms with E-state index in [1.54, 1.807) is 20.2 Å². The molecule has 1 heterocycles. The van der Waals surface area contributed by atoms with E-state index in [1.165, 1.54) is 4.90 Å². The van der Waals surface area contributed by atoms with E-state index < -0.39 is 0 Å². The molecule has 3 N–H and O–H groups in total. The maximum absolute atomic E-state index is 12.7. The number of carbonyl (C=O) groups is 1. The number of aliphatic hydroxyl groups is 2. The average molecular weight is 504 g/mol. The summed E-state index contributed by atoms with van der Waals surface area (Å²) in [6.45, 7) is -0.407. The van der Waals surface area contributed by atoms with Crippen LogP contribution in [0.15, 0.2) is 97.1 Å². The highest BCUT2D eigenvalue weighted by Crippen LogP contribution is 2.37. The van der Waals surface area contributed by atoms with Crippen LogP contribution in [0, 0.1) is 0 Å². The Bertz CT molecular complexity index is 1540. The van der Waals surface area contributed by atoms with E-state index >= 15 is 0 Å². The topological polar surface area (TPSA) is 85.7 Å². The highest BCUT2D eigenvalue weighted by Gasteiger charge is 2.17. The van der Waals surface area contributed by atoms with E-state index in [4.69, 9.17) is 4.98 Å². The van der Waals surface area contributed by atoms with Crippen LogP contribution in [0.3, 0.4) is 0 Å². The third-order valence-electron chi connectivity index (χ3n) is 6.57. The van der Waals surface area contributed by atoms with Gasteiger partial charge in [0.15, 0.2) is 0 Å². The SMILES string of the molecule is CN(C)C(=O)Nc1nc2cc(CO)c(CO)cc2cc1-c1cc(-c2ccccc2)cc(-c2ccccc2)c1. The number of rotatable bonds is 6. The molecule has 0 spiro atoms. The van der Waals surface area contributed by atoms with Gasteiger partial charge in [-0.15, -0.1) is 0 Å². The van der Waals surface area contributed by atoms with Crippen molar-refractivity contribution in [1.82, 2.24) is 9.88 Å². The predicted octanol–water partition coefficient (Wildman–Crippen LogP) is 6.31. The van der Waals surface area contributed by atoms with Crippen LogP contribution >= 0.6 is 0 Å². The number of benzene rings is 4. The fraction of sp³-hybridized carbons (Fsp3) is 0.125. The molecule has 0 fully saturated rings. The van der Waals surface area contributed by atoms with Crippen molar-refractivity contribution in [2.45, 2.75) is 13.2 Å². The molecule has 0 saturated heterocycles. The fourth-order valence-corrected chi connectivity index (χ4v) is 4.51. The molecule has 0 aliphatic heterocycles. The Hall–Kier alpha value is -4.52. The minimum Gasteiger partial charge on any atom is -0.392 e. The zero-order valence-electron chi connectivity index (χ0n) is 21.3. The van der Waals surface area contributed by atoms with Crippen LogP contribution in [-0.2, 0) is 13.2 Å². The van der Waals surface area contributed by atoms with E-state index in [0.717, 1.165) is 38.8 Å². The zero-order chi connectivity index (χ0) is 26.6. The number of anilines is 1. The predicted molar refractivity (Wildman–Crippen MR) is 153 cm³/mol. The number of nitrogens with one attached hydrogen (secondary N) is 1. The molecule has 0 aliphatic rings. The fourth-order valence-electron chi connectivity index (χ4n) is 4.51. The van der Waals surface area contributed by atoms with Gasteiger partial charge in [-0.3, -0.25) is 5.32 Å². The molecule has 4 aromatic carbocycles. The number of aromatic nitrogens is 1. The summed E-state index contributed by atoms with van der Waals surface area (Å²) in [5.41, 5.74) is 7.74. The number of urea groups is 1. The number of hydrogen-bond donors (Lipinski definition) is 3. The molecule has 2 amide bonds. The Morgan fingerprint density at radius 2 is 1.24 bits per heavy atom. The number of nitrogens with zero attached hydrogens (tertiary/aromatic N) is 2. The van der Waals surface area contributed by atoms with Gasteiger partial charge in [0, 0.05) is 25.0 Å². The number of fused-ring (bicyclic) bond motifs is 1. The Labute approximate surface area is 221 Å². The number of amides is 2. The van der Waals surface area contributed by atoms with Gasteiger partial charge < -0.3 is 15.1 Å². The lowest BCUT2D eigenvalue weighted by Crippen LogP contribution is -2.28. The lowest BCUT2D eigenvalue weighted by molar-refractivity contribution is 0.230. The molecule has 0 aliphatic carbocycles. The van der Waals surface area contributed by atoms with Crippen molar-refractivity contribution in [2.75, 3.05) is 19.4 Å². The van der Waals surface area contributed by atoms with Crippen molar-refractivity contribution < 1.29 is 15.0 Å². The van der Waals surface area contributed by atoms with Crippen LogP contribution in [0.1, 0.15) is 11.1 Å². The molecular weight excluding hydrogens is 474 g/mol. The Kier molecular flexibility index (Phi) is 7.18. The van der Waals surface area contributed by atoms with Gasteiger partial charge in [0.1, 0.15) is 5.82 Å². The summed E-state index contributed by atoms with van der Waals surface area (Å²) in [5.74, 6) is 0.418. The quantitative estimate of drug-likeness (QED) is 0.253. The van der Waals surface area contributed by atoms with Crippen molar-refractivity contribution in [2.24, 2.45) is 0 Å². The van der Waals surface area contributed by atoms with Crippen LogP contribution in [-0.4, -0.2) is 40.2 Å². The number of carbonyl (C=O) groups excluding carboxylic acids is 1.